The topological polar surface area (TPSA) is 61.6 Å². The van der Waals surface area contributed by atoms with E-state index >= 15 is 0 Å². The molecule has 0 bridgehead atoms. The van der Waals surface area contributed by atoms with Crippen molar-refractivity contribution in [3.8, 4) is 0 Å². The molecular formula is C12H14ClNO3. The summed E-state index contributed by atoms with van der Waals surface area (Å²) >= 11 is 5.81. The third kappa shape index (κ3) is 3.35. The van der Waals surface area contributed by atoms with Gasteiger partial charge in [-0.1, -0.05) is 17.7 Å². The van der Waals surface area contributed by atoms with Crippen molar-refractivity contribution in [3.05, 3.63) is 28.8 Å². The van der Waals surface area contributed by atoms with Crippen molar-refractivity contribution in [2.45, 2.75) is 12.8 Å². The maximum atomic E-state index is 11.6. The molecule has 5 heteroatoms. The molecule has 1 aromatic rings. The van der Waals surface area contributed by atoms with E-state index in [1.807, 2.05) is 0 Å². The van der Waals surface area contributed by atoms with E-state index in [1.54, 1.807) is 18.2 Å². The molecule has 0 spiro atoms. The molecule has 1 aliphatic rings. The van der Waals surface area contributed by atoms with E-state index in [0.29, 0.717) is 17.5 Å². The van der Waals surface area contributed by atoms with Crippen LogP contribution < -0.4 is 5.73 Å². The number of para-hydroxylation sites is 1. The number of ether oxygens (including phenoxy) is 2. The van der Waals surface area contributed by atoms with Crippen LogP contribution in [0.15, 0.2) is 18.2 Å². The molecule has 1 saturated carbocycles. The molecule has 1 aliphatic carbocycles. The molecule has 0 heterocycles. The minimum atomic E-state index is -0.513. The third-order valence-electron chi connectivity index (χ3n) is 2.60. The quantitative estimate of drug-likeness (QED) is 0.380. The molecular weight excluding hydrogens is 242 g/mol. The van der Waals surface area contributed by atoms with Crippen molar-refractivity contribution in [2.75, 3.05) is 19.1 Å². The van der Waals surface area contributed by atoms with E-state index in [9.17, 15) is 4.79 Å². The zero-order valence-corrected chi connectivity index (χ0v) is 10.1. The highest BCUT2D eigenvalue weighted by atomic mass is 35.5. The van der Waals surface area contributed by atoms with Gasteiger partial charge in [-0.25, -0.2) is 4.79 Å². The molecule has 1 aromatic carbocycles. The van der Waals surface area contributed by atoms with Gasteiger partial charge in [0.1, 0.15) is 0 Å². The summed E-state index contributed by atoms with van der Waals surface area (Å²) in [5.41, 5.74) is 6.18. The Morgan fingerprint density at radius 1 is 1.47 bits per heavy atom. The third-order valence-corrected chi connectivity index (χ3v) is 2.93. The Labute approximate surface area is 105 Å². The lowest BCUT2D eigenvalue weighted by molar-refractivity contribution is -0.0344. The normalized spacial score (nSPS) is 14.6. The fraction of sp³-hybridized carbons (Fsp3) is 0.417. The molecule has 0 unspecified atom stereocenters. The van der Waals surface area contributed by atoms with Gasteiger partial charge in [-0.2, -0.15) is 0 Å². The van der Waals surface area contributed by atoms with Crippen LogP contribution in [-0.2, 0) is 9.47 Å². The van der Waals surface area contributed by atoms with E-state index < -0.39 is 5.97 Å². The van der Waals surface area contributed by atoms with Crippen LogP contribution >= 0.6 is 11.6 Å². The number of halogens is 1. The van der Waals surface area contributed by atoms with Crippen molar-refractivity contribution >= 4 is 23.3 Å². The summed E-state index contributed by atoms with van der Waals surface area (Å²) in [7, 11) is 0. The number of nitrogen functional groups attached to an aromatic ring is 1. The fourth-order valence-electron chi connectivity index (χ4n) is 1.39. The highest BCUT2D eigenvalue weighted by Gasteiger charge is 2.21. The summed E-state index contributed by atoms with van der Waals surface area (Å²) in [6.07, 6.45) is 2.41. The van der Waals surface area contributed by atoms with Crippen molar-refractivity contribution < 1.29 is 14.3 Å². The second-order valence-electron chi connectivity index (χ2n) is 4.06. The molecule has 0 saturated heterocycles. The summed E-state index contributed by atoms with van der Waals surface area (Å²) in [5, 5.41) is 0.346. The predicted molar refractivity (Wildman–Crippen MR) is 64.8 cm³/mol. The number of benzene rings is 1. The standard InChI is InChI=1S/C12H14ClNO3/c13-10-3-1-2-9(11(10)14)12(15)17-7-16-6-8-4-5-8/h1-3,8H,4-7,14H2. The second-order valence-corrected chi connectivity index (χ2v) is 4.47. The molecule has 0 aliphatic heterocycles. The van der Waals surface area contributed by atoms with Gasteiger partial charge in [0.05, 0.1) is 22.9 Å². The molecule has 4 nitrogen and oxygen atoms in total. The lowest BCUT2D eigenvalue weighted by Gasteiger charge is -2.08. The lowest BCUT2D eigenvalue weighted by Crippen LogP contribution is -2.12. The number of carbonyl (C=O) groups excluding carboxylic acids is 1. The molecule has 92 valence electrons. The first-order chi connectivity index (χ1) is 8.18. The molecule has 0 aromatic heterocycles. The summed E-state index contributed by atoms with van der Waals surface area (Å²) in [6, 6.07) is 4.85. The molecule has 2 rings (SSSR count). The summed E-state index contributed by atoms with van der Waals surface area (Å²) in [5.74, 6) is 0.130. The van der Waals surface area contributed by atoms with E-state index in [1.165, 1.54) is 12.8 Å². The number of hydrogen-bond acceptors (Lipinski definition) is 4. The van der Waals surface area contributed by atoms with E-state index in [-0.39, 0.29) is 18.0 Å². The smallest absolute Gasteiger partial charge is 0.342 e. The van der Waals surface area contributed by atoms with Crippen LogP contribution in [0.1, 0.15) is 23.2 Å². The van der Waals surface area contributed by atoms with Gasteiger partial charge < -0.3 is 15.2 Å². The average molecular weight is 256 g/mol. The van der Waals surface area contributed by atoms with Crippen LogP contribution in [0.4, 0.5) is 5.69 Å². The van der Waals surface area contributed by atoms with Crippen molar-refractivity contribution in [1.29, 1.82) is 0 Å². The first-order valence-electron chi connectivity index (χ1n) is 5.47. The van der Waals surface area contributed by atoms with Gasteiger partial charge in [0.25, 0.3) is 0 Å². The van der Waals surface area contributed by atoms with Gasteiger partial charge in [0.2, 0.25) is 0 Å². The molecule has 0 atom stereocenters. The molecule has 17 heavy (non-hydrogen) atoms. The van der Waals surface area contributed by atoms with Crippen LogP contribution in [0, 0.1) is 5.92 Å². The van der Waals surface area contributed by atoms with Crippen LogP contribution in [0.5, 0.6) is 0 Å². The zero-order chi connectivity index (χ0) is 12.3. The van der Waals surface area contributed by atoms with Gasteiger partial charge in [-0.15, -0.1) is 0 Å². The Kier molecular flexibility index (Phi) is 3.86. The SMILES string of the molecule is Nc1c(Cl)cccc1C(=O)OCOCC1CC1. The minimum Gasteiger partial charge on any atom is -0.435 e. The van der Waals surface area contributed by atoms with Gasteiger partial charge in [0.15, 0.2) is 6.79 Å². The number of nitrogens with two attached hydrogens (primary N) is 1. The van der Waals surface area contributed by atoms with Crippen molar-refractivity contribution in [1.82, 2.24) is 0 Å². The summed E-state index contributed by atoms with van der Waals surface area (Å²) in [6.45, 7) is 0.611. The molecule has 2 N–H and O–H groups in total. The maximum Gasteiger partial charge on any atom is 0.342 e. The summed E-state index contributed by atoms with van der Waals surface area (Å²) < 4.78 is 10.1. The molecule has 0 radical (unpaired) electrons. The van der Waals surface area contributed by atoms with Crippen LogP contribution in [0.3, 0.4) is 0 Å². The van der Waals surface area contributed by atoms with Gasteiger partial charge in [0, 0.05) is 0 Å². The van der Waals surface area contributed by atoms with Crippen molar-refractivity contribution in [2.24, 2.45) is 5.92 Å². The minimum absolute atomic E-state index is 0.0404. The average Bonchev–Trinajstić information content (AvgIpc) is 3.12. The first-order valence-corrected chi connectivity index (χ1v) is 5.85. The Bertz CT molecular complexity index is 418. The van der Waals surface area contributed by atoms with Gasteiger partial charge in [-0.05, 0) is 30.9 Å². The second kappa shape index (κ2) is 5.38. The van der Waals surface area contributed by atoms with Crippen molar-refractivity contribution in [3.63, 3.8) is 0 Å². The van der Waals surface area contributed by atoms with Gasteiger partial charge in [-0.3, -0.25) is 0 Å². The summed E-state index contributed by atoms with van der Waals surface area (Å²) in [4.78, 5) is 11.6. The van der Waals surface area contributed by atoms with Crippen LogP contribution in [0.25, 0.3) is 0 Å². The largest absolute Gasteiger partial charge is 0.435 e. The van der Waals surface area contributed by atoms with Gasteiger partial charge >= 0.3 is 5.97 Å². The number of rotatable bonds is 5. The number of carbonyl (C=O) groups is 1. The zero-order valence-electron chi connectivity index (χ0n) is 9.32. The Morgan fingerprint density at radius 2 is 2.24 bits per heavy atom. The highest BCUT2D eigenvalue weighted by molar-refractivity contribution is 6.33. The maximum absolute atomic E-state index is 11.6. The Balaban J connectivity index is 1.83. The molecule has 0 amide bonds. The van der Waals surface area contributed by atoms with E-state index in [2.05, 4.69) is 0 Å². The van der Waals surface area contributed by atoms with Crippen LogP contribution in [-0.4, -0.2) is 19.4 Å². The predicted octanol–water partition coefficient (Wildman–Crippen LogP) is 2.46. The number of esters is 1. The Hall–Kier alpha value is -1.26. The first kappa shape index (κ1) is 12.2. The van der Waals surface area contributed by atoms with Crippen LogP contribution in [0.2, 0.25) is 5.02 Å². The number of hydrogen-bond donors (Lipinski definition) is 1. The fourth-order valence-corrected chi connectivity index (χ4v) is 1.56. The van der Waals surface area contributed by atoms with E-state index in [4.69, 9.17) is 26.8 Å². The van der Waals surface area contributed by atoms with E-state index in [0.717, 1.165) is 0 Å². The Morgan fingerprint density at radius 3 is 2.94 bits per heavy atom. The molecule has 1 fully saturated rings. The monoisotopic (exact) mass is 255 g/mol. The highest BCUT2D eigenvalue weighted by Crippen LogP contribution is 2.28. The lowest BCUT2D eigenvalue weighted by atomic mass is 10.2. The number of anilines is 1.